The van der Waals surface area contributed by atoms with Crippen LogP contribution in [0.15, 0.2) is 84.0 Å². The molecular weight excluding hydrogens is 354 g/mol. The number of benzene rings is 3. The summed E-state index contributed by atoms with van der Waals surface area (Å²) < 4.78 is 2.24. The van der Waals surface area contributed by atoms with Gasteiger partial charge in [-0.15, -0.1) is 0 Å². The third-order valence-corrected chi connectivity index (χ3v) is 5.26. The first kappa shape index (κ1) is 18.9. The highest BCUT2D eigenvalue weighted by atomic mass is 15.0. The molecule has 4 aromatic rings. The van der Waals surface area contributed by atoms with Crippen LogP contribution in [0, 0.1) is 5.41 Å². The van der Waals surface area contributed by atoms with Crippen LogP contribution in [0.1, 0.15) is 19.4 Å². The van der Waals surface area contributed by atoms with Gasteiger partial charge in [-0.3, -0.25) is 4.99 Å². The molecule has 0 fully saturated rings. The standard InChI is InChI=1S/C26H25N3/c1-3-14-28-17-21(27)18-29-25-13-9-8-12-22(25)24-16-23(19(4-2)15-26(24)29)20-10-6-5-7-11-20/h3,5-17,27H,4,18H2,1-2H3/b14-3-,27-21?,28-17-. The summed E-state index contributed by atoms with van der Waals surface area (Å²) in [6.07, 6.45) is 6.16. The molecule has 29 heavy (non-hydrogen) atoms. The first-order valence-corrected chi connectivity index (χ1v) is 10.0. The first-order valence-electron chi connectivity index (χ1n) is 10.0. The number of rotatable bonds is 6. The largest absolute Gasteiger partial charge is 0.334 e. The van der Waals surface area contributed by atoms with E-state index in [1.165, 1.54) is 33.0 Å². The predicted octanol–water partition coefficient (Wildman–Crippen LogP) is 6.65. The van der Waals surface area contributed by atoms with E-state index in [2.05, 4.69) is 83.2 Å². The number of allylic oxidation sites excluding steroid dienone is 1. The van der Waals surface area contributed by atoms with E-state index in [1.807, 2.05) is 13.0 Å². The van der Waals surface area contributed by atoms with Crippen molar-refractivity contribution in [1.29, 1.82) is 5.41 Å². The molecule has 0 bridgehead atoms. The van der Waals surface area contributed by atoms with Crippen molar-refractivity contribution in [2.75, 3.05) is 0 Å². The van der Waals surface area contributed by atoms with Gasteiger partial charge in [-0.2, -0.15) is 0 Å². The van der Waals surface area contributed by atoms with Crippen LogP contribution in [0.2, 0.25) is 0 Å². The van der Waals surface area contributed by atoms with Crippen LogP contribution < -0.4 is 0 Å². The number of nitrogens with zero attached hydrogens (tertiary/aromatic N) is 2. The Bertz CT molecular complexity index is 1230. The second-order valence-corrected chi connectivity index (χ2v) is 7.14. The summed E-state index contributed by atoms with van der Waals surface area (Å²) >= 11 is 0. The number of aromatic nitrogens is 1. The lowest BCUT2D eigenvalue weighted by Gasteiger charge is -2.11. The highest BCUT2D eigenvalue weighted by Crippen LogP contribution is 2.35. The SMILES string of the molecule is C/C=C\N=C/C(=N)Cn1c2ccccc2c2cc(-c3ccccc3)c(CC)cc21. The van der Waals surface area contributed by atoms with Crippen molar-refractivity contribution >= 4 is 33.7 Å². The Balaban J connectivity index is 1.93. The predicted molar refractivity (Wildman–Crippen MR) is 125 cm³/mol. The van der Waals surface area contributed by atoms with Crippen molar-refractivity contribution in [2.45, 2.75) is 26.8 Å². The zero-order valence-corrected chi connectivity index (χ0v) is 16.9. The van der Waals surface area contributed by atoms with Gasteiger partial charge in [0.25, 0.3) is 0 Å². The molecular formula is C26H25N3. The van der Waals surface area contributed by atoms with E-state index in [1.54, 1.807) is 12.4 Å². The van der Waals surface area contributed by atoms with Crippen LogP contribution >= 0.6 is 0 Å². The molecule has 1 aromatic heterocycles. The Labute approximate surface area is 171 Å². The molecule has 0 radical (unpaired) electrons. The van der Waals surface area contributed by atoms with Crippen LogP contribution in [0.5, 0.6) is 0 Å². The molecule has 0 spiro atoms. The van der Waals surface area contributed by atoms with Gasteiger partial charge in [0.1, 0.15) is 0 Å². The van der Waals surface area contributed by atoms with Gasteiger partial charge in [0, 0.05) is 34.2 Å². The van der Waals surface area contributed by atoms with Crippen LogP contribution in [0.25, 0.3) is 32.9 Å². The number of aryl methyl sites for hydroxylation is 1. The number of aliphatic imine (C=N–C) groups is 1. The molecule has 0 saturated carbocycles. The van der Waals surface area contributed by atoms with E-state index >= 15 is 0 Å². The summed E-state index contributed by atoms with van der Waals surface area (Å²) in [4.78, 5) is 4.17. The second-order valence-electron chi connectivity index (χ2n) is 7.14. The Morgan fingerprint density at radius 2 is 1.72 bits per heavy atom. The normalized spacial score (nSPS) is 11.9. The Kier molecular flexibility index (Phi) is 5.39. The lowest BCUT2D eigenvalue weighted by Crippen LogP contribution is -2.10. The van der Waals surface area contributed by atoms with Crippen molar-refractivity contribution in [1.82, 2.24) is 4.57 Å². The van der Waals surface area contributed by atoms with Crippen molar-refractivity contribution < 1.29 is 0 Å². The summed E-state index contributed by atoms with van der Waals surface area (Å²) in [6.45, 7) is 4.62. The van der Waals surface area contributed by atoms with Crippen LogP contribution in [-0.2, 0) is 13.0 Å². The van der Waals surface area contributed by atoms with E-state index in [-0.39, 0.29) is 0 Å². The average Bonchev–Trinajstić information content (AvgIpc) is 3.06. The highest BCUT2D eigenvalue weighted by molar-refractivity contribution is 6.29. The van der Waals surface area contributed by atoms with Gasteiger partial charge in [-0.1, -0.05) is 61.5 Å². The fourth-order valence-corrected chi connectivity index (χ4v) is 3.92. The van der Waals surface area contributed by atoms with Crippen LogP contribution in [0.4, 0.5) is 0 Å². The molecule has 1 heterocycles. The number of para-hydroxylation sites is 1. The summed E-state index contributed by atoms with van der Waals surface area (Å²) in [5.74, 6) is 0. The minimum Gasteiger partial charge on any atom is -0.334 e. The third-order valence-electron chi connectivity index (χ3n) is 5.26. The number of hydrogen-bond acceptors (Lipinski definition) is 2. The molecule has 0 amide bonds. The summed E-state index contributed by atoms with van der Waals surface area (Å²) in [5, 5.41) is 10.8. The zero-order valence-electron chi connectivity index (χ0n) is 16.9. The fraction of sp³-hybridized carbons (Fsp3) is 0.154. The quantitative estimate of drug-likeness (QED) is 0.365. The van der Waals surface area contributed by atoms with E-state index in [9.17, 15) is 0 Å². The van der Waals surface area contributed by atoms with E-state index in [0.717, 1.165) is 11.9 Å². The van der Waals surface area contributed by atoms with Gasteiger partial charge in [0.05, 0.1) is 12.3 Å². The second kappa shape index (κ2) is 8.27. The minimum absolute atomic E-state index is 0.482. The van der Waals surface area contributed by atoms with Crippen LogP contribution in [-0.4, -0.2) is 16.5 Å². The maximum atomic E-state index is 8.37. The zero-order chi connectivity index (χ0) is 20.2. The highest BCUT2D eigenvalue weighted by Gasteiger charge is 2.15. The number of hydrogen-bond donors (Lipinski definition) is 1. The molecule has 4 rings (SSSR count). The average molecular weight is 380 g/mol. The third kappa shape index (κ3) is 3.64. The molecule has 3 aromatic carbocycles. The van der Waals surface area contributed by atoms with Crippen molar-refractivity contribution in [2.24, 2.45) is 4.99 Å². The lowest BCUT2D eigenvalue weighted by molar-refractivity contribution is 0.935. The van der Waals surface area contributed by atoms with Crippen molar-refractivity contribution in [3.05, 3.63) is 84.6 Å². The summed E-state index contributed by atoms with van der Waals surface area (Å²) in [6, 6.07) is 23.7. The Morgan fingerprint density at radius 1 is 0.966 bits per heavy atom. The molecule has 144 valence electrons. The van der Waals surface area contributed by atoms with Gasteiger partial charge in [-0.05, 0) is 48.2 Å². The number of fused-ring (bicyclic) bond motifs is 3. The topological polar surface area (TPSA) is 41.1 Å². The van der Waals surface area contributed by atoms with Crippen molar-refractivity contribution in [3.8, 4) is 11.1 Å². The van der Waals surface area contributed by atoms with E-state index in [4.69, 9.17) is 5.41 Å². The van der Waals surface area contributed by atoms with Gasteiger partial charge in [0.15, 0.2) is 0 Å². The van der Waals surface area contributed by atoms with Gasteiger partial charge in [0.2, 0.25) is 0 Å². The minimum atomic E-state index is 0.482. The molecule has 3 heteroatoms. The molecule has 0 saturated heterocycles. The molecule has 0 aliphatic rings. The molecule has 0 aliphatic carbocycles. The molecule has 0 atom stereocenters. The first-order chi connectivity index (χ1) is 14.2. The Morgan fingerprint density at radius 3 is 2.48 bits per heavy atom. The summed E-state index contributed by atoms with van der Waals surface area (Å²) in [5.41, 5.74) is 6.66. The van der Waals surface area contributed by atoms with Gasteiger partial charge >= 0.3 is 0 Å². The maximum Gasteiger partial charge on any atom is 0.0694 e. The van der Waals surface area contributed by atoms with Crippen LogP contribution in [0.3, 0.4) is 0 Å². The summed E-state index contributed by atoms with van der Waals surface area (Å²) in [7, 11) is 0. The Hall–Kier alpha value is -3.46. The van der Waals surface area contributed by atoms with Gasteiger partial charge < -0.3 is 9.98 Å². The monoisotopic (exact) mass is 379 g/mol. The molecule has 1 N–H and O–H groups in total. The fourth-order valence-electron chi connectivity index (χ4n) is 3.92. The van der Waals surface area contributed by atoms with Gasteiger partial charge in [-0.25, -0.2) is 0 Å². The van der Waals surface area contributed by atoms with E-state index < -0.39 is 0 Å². The number of nitrogens with one attached hydrogen (secondary N) is 1. The maximum absolute atomic E-state index is 8.37. The van der Waals surface area contributed by atoms with Crippen molar-refractivity contribution in [3.63, 3.8) is 0 Å². The van der Waals surface area contributed by atoms with E-state index in [0.29, 0.717) is 12.3 Å². The molecule has 3 nitrogen and oxygen atoms in total. The lowest BCUT2D eigenvalue weighted by atomic mass is 9.95. The molecule has 0 aliphatic heterocycles. The molecule has 0 unspecified atom stereocenters. The smallest absolute Gasteiger partial charge is 0.0694 e.